The van der Waals surface area contributed by atoms with Crippen molar-refractivity contribution >= 4 is 45.2 Å². The van der Waals surface area contributed by atoms with Crippen LogP contribution in [0.5, 0.6) is 0 Å². The van der Waals surface area contributed by atoms with Gasteiger partial charge in [-0.2, -0.15) is 11.8 Å². The fourth-order valence-corrected chi connectivity index (χ4v) is 3.67. The summed E-state index contributed by atoms with van der Waals surface area (Å²) < 4.78 is 0.969. The molecule has 1 aromatic carbocycles. The van der Waals surface area contributed by atoms with Gasteiger partial charge in [0.25, 0.3) is 0 Å². The number of thioether (sulfide) groups is 1. The molecule has 1 rings (SSSR count). The zero-order chi connectivity index (χ0) is 18.8. The fourth-order valence-electron chi connectivity index (χ4n) is 2.26. The number of anilines is 1. The van der Waals surface area contributed by atoms with Crippen LogP contribution in [0.3, 0.4) is 0 Å². The number of carbonyl (C=O) groups is 2. The largest absolute Gasteiger partial charge is 0.336 e. The third-order valence-corrected chi connectivity index (χ3v) is 5.36. The SMILES string of the molecule is CCN(CC)CCSCC(=O)N(C)CC(=O)Nc1ccc(Br)cc1C. The molecule has 0 bridgehead atoms. The lowest BCUT2D eigenvalue weighted by molar-refractivity contribution is -0.131. The Bertz CT molecular complexity index is 579. The molecule has 1 N–H and O–H groups in total. The first-order chi connectivity index (χ1) is 11.9. The highest BCUT2D eigenvalue weighted by molar-refractivity contribution is 9.10. The van der Waals surface area contributed by atoms with Crippen LogP contribution in [0, 0.1) is 6.92 Å². The van der Waals surface area contributed by atoms with Gasteiger partial charge in [0.05, 0.1) is 12.3 Å². The van der Waals surface area contributed by atoms with Gasteiger partial charge in [-0.1, -0.05) is 29.8 Å². The summed E-state index contributed by atoms with van der Waals surface area (Å²) in [6.45, 7) is 9.31. The minimum atomic E-state index is -0.186. The van der Waals surface area contributed by atoms with E-state index in [4.69, 9.17) is 0 Å². The van der Waals surface area contributed by atoms with Crippen molar-refractivity contribution in [3.8, 4) is 0 Å². The van der Waals surface area contributed by atoms with E-state index in [1.807, 2.05) is 25.1 Å². The Kier molecular flexibility index (Phi) is 10.2. The molecule has 0 spiro atoms. The van der Waals surface area contributed by atoms with Crippen LogP contribution < -0.4 is 5.32 Å². The van der Waals surface area contributed by atoms with E-state index in [9.17, 15) is 9.59 Å². The van der Waals surface area contributed by atoms with Crippen molar-refractivity contribution in [2.75, 3.05) is 50.0 Å². The van der Waals surface area contributed by atoms with Crippen LogP contribution in [0.2, 0.25) is 0 Å². The second-order valence-corrected chi connectivity index (χ2v) is 7.86. The summed E-state index contributed by atoms with van der Waals surface area (Å²) in [5.74, 6) is 1.12. The molecule has 1 aromatic rings. The summed E-state index contributed by atoms with van der Waals surface area (Å²) in [6.07, 6.45) is 0. The van der Waals surface area contributed by atoms with Gasteiger partial charge in [0.1, 0.15) is 0 Å². The number of carbonyl (C=O) groups excluding carboxylic acids is 2. The number of hydrogen-bond acceptors (Lipinski definition) is 4. The molecule has 140 valence electrons. The van der Waals surface area contributed by atoms with E-state index < -0.39 is 0 Å². The van der Waals surface area contributed by atoms with Crippen LogP contribution in [-0.2, 0) is 9.59 Å². The number of nitrogens with one attached hydrogen (secondary N) is 1. The van der Waals surface area contributed by atoms with Crippen molar-refractivity contribution < 1.29 is 9.59 Å². The zero-order valence-electron chi connectivity index (χ0n) is 15.5. The van der Waals surface area contributed by atoms with Crippen LogP contribution in [0.25, 0.3) is 0 Å². The monoisotopic (exact) mass is 429 g/mol. The Balaban J connectivity index is 2.35. The Hall–Kier alpha value is -1.05. The highest BCUT2D eigenvalue weighted by Gasteiger charge is 2.14. The predicted octanol–water partition coefficient (Wildman–Crippen LogP) is 3.23. The molecule has 0 unspecified atom stereocenters. The number of nitrogens with zero attached hydrogens (tertiary/aromatic N) is 2. The molecule has 0 saturated carbocycles. The summed E-state index contributed by atoms with van der Waals surface area (Å²) in [5, 5.41) is 2.85. The lowest BCUT2D eigenvalue weighted by atomic mass is 10.2. The molecule has 0 atom stereocenters. The lowest BCUT2D eigenvalue weighted by Crippen LogP contribution is -2.36. The Morgan fingerprint density at radius 3 is 2.52 bits per heavy atom. The Morgan fingerprint density at radius 2 is 1.92 bits per heavy atom. The fraction of sp³-hybridized carbons (Fsp3) is 0.556. The molecule has 7 heteroatoms. The van der Waals surface area contributed by atoms with Crippen LogP contribution in [-0.4, -0.2) is 66.3 Å². The van der Waals surface area contributed by atoms with Crippen molar-refractivity contribution in [1.82, 2.24) is 9.80 Å². The van der Waals surface area contributed by atoms with E-state index >= 15 is 0 Å². The summed E-state index contributed by atoms with van der Waals surface area (Å²) in [5.41, 5.74) is 1.74. The van der Waals surface area contributed by atoms with Gasteiger partial charge in [-0.25, -0.2) is 0 Å². The van der Waals surface area contributed by atoms with Crippen LogP contribution in [0.15, 0.2) is 22.7 Å². The molecule has 0 radical (unpaired) electrons. The third kappa shape index (κ3) is 8.25. The van der Waals surface area contributed by atoms with Gasteiger partial charge in [0.15, 0.2) is 0 Å². The maximum atomic E-state index is 12.1. The average molecular weight is 430 g/mol. The second-order valence-electron chi connectivity index (χ2n) is 5.84. The molecular formula is C18H28BrN3O2S. The first-order valence-electron chi connectivity index (χ1n) is 8.47. The molecule has 5 nitrogen and oxygen atoms in total. The number of likely N-dealkylation sites (N-methyl/N-ethyl adjacent to an activating group) is 1. The van der Waals surface area contributed by atoms with Crippen molar-refractivity contribution in [3.05, 3.63) is 28.2 Å². The smallest absolute Gasteiger partial charge is 0.243 e. The number of benzene rings is 1. The van der Waals surface area contributed by atoms with Crippen LogP contribution in [0.4, 0.5) is 5.69 Å². The van der Waals surface area contributed by atoms with E-state index in [-0.39, 0.29) is 18.4 Å². The summed E-state index contributed by atoms with van der Waals surface area (Å²) in [6, 6.07) is 5.67. The number of rotatable bonds is 10. The first kappa shape index (κ1) is 22.0. The molecule has 0 aliphatic rings. The first-order valence-corrected chi connectivity index (χ1v) is 10.4. The van der Waals surface area contributed by atoms with Gasteiger partial charge in [0.2, 0.25) is 11.8 Å². The topological polar surface area (TPSA) is 52.7 Å². The molecule has 0 aromatic heterocycles. The highest BCUT2D eigenvalue weighted by Crippen LogP contribution is 2.19. The van der Waals surface area contributed by atoms with E-state index in [0.717, 1.165) is 41.1 Å². The van der Waals surface area contributed by atoms with Crippen LogP contribution in [0.1, 0.15) is 19.4 Å². The van der Waals surface area contributed by atoms with Gasteiger partial charge in [0, 0.05) is 29.5 Å². The van der Waals surface area contributed by atoms with Gasteiger partial charge in [-0.15, -0.1) is 0 Å². The maximum Gasteiger partial charge on any atom is 0.243 e. The second kappa shape index (κ2) is 11.5. The Labute approximate surface area is 163 Å². The van der Waals surface area contributed by atoms with Crippen molar-refractivity contribution in [2.45, 2.75) is 20.8 Å². The maximum absolute atomic E-state index is 12.1. The molecule has 25 heavy (non-hydrogen) atoms. The van der Waals surface area contributed by atoms with Gasteiger partial charge in [-0.3, -0.25) is 9.59 Å². The number of halogens is 1. The van der Waals surface area contributed by atoms with E-state index in [0.29, 0.717) is 5.75 Å². The minimum Gasteiger partial charge on any atom is -0.336 e. The summed E-state index contributed by atoms with van der Waals surface area (Å²) in [4.78, 5) is 28.1. The molecular weight excluding hydrogens is 402 g/mol. The van der Waals surface area contributed by atoms with Crippen molar-refractivity contribution in [2.24, 2.45) is 0 Å². The van der Waals surface area contributed by atoms with E-state index in [1.54, 1.807) is 18.8 Å². The standard InChI is InChI=1S/C18H28BrN3O2S/c1-5-22(6-2)9-10-25-13-18(24)21(4)12-17(23)20-16-8-7-15(19)11-14(16)3/h7-8,11H,5-6,9-10,12-13H2,1-4H3,(H,20,23). The third-order valence-electron chi connectivity index (χ3n) is 3.94. The lowest BCUT2D eigenvalue weighted by Gasteiger charge is -2.19. The van der Waals surface area contributed by atoms with Crippen molar-refractivity contribution in [1.29, 1.82) is 0 Å². The number of aryl methyl sites for hydroxylation is 1. The summed E-state index contributed by atoms with van der Waals surface area (Å²) in [7, 11) is 1.67. The van der Waals surface area contributed by atoms with Gasteiger partial charge in [-0.05, 0) is 43.8 Å². The van der Waals surface area contributed by atoms with E-state index in [1.165, 1.54) is 4.90 Å². The normalized spacial score (nSPS) is 10.8. The quantitative estimate of drug-likeness (QED) is 0.580. The average Bonchev–Trinajstić information content (AvgIpc) is 2.57. The molecule has 2 amide bonds. The van der Waals surface area contributed by atoms with E-state index in [2.05, 4.69) is 40.0 Å². The number of amides is 2. The molecule has 0 heterocycles. The molecule has 0 fully saturated rings. The zero-order valence-corrected chi connectivity index (χ0v) is 17.9. The number of hydrogen-bond donors (Lipinski definition) is 1. The summed E-state index contributed by atoms with van der Waals surface area (Å²) >= 11 is 5.01. The van der Waals surface area contributed by atoms with Crippen LogP contribution >= 0.6 is 27.7 Å². The van der Waals surface area contributed by atoms with Gasteiger partial charge >= 0.3 is 0 Å². The predicted molar refractivity (Wildman–Crippen MR) is 110 cm³/mol. The Morgan fingerprint density at radius 1 is 1.24 bits per heavy atom. The molecule has 0 aliphatic heterocycles. The molecule has 0 aliphatic carbocycles. The minimum absolute atomic E-state index is 0.0211. The molecule has 0 saturated heterocycles. The van der Waals surface area contributed by atoms with Crippen molar-refractivity contribution in [3.63, 3.8) is 0 Å². The highest BCUT2D eigenvalue weighted by atomic mass is 79.9. The van der Waals surface area contributed by atoms with Gasteiger partial charge < -0.3 is 15.1 Å².